The smallest absolute Gasteiger partial charge is 0.285 e. The van der Waals surface area contributed by atoms with Crippen LogP contribution in [0.3, 0.4) is 0 Å². The van der Waals surface area contributed by atoms with Crippen LogP contribution >= 0.6 is 11.8 Å². The first-order valence-electron chi connectivity index (χ1n) is 7.15. The van der Waals surface area contributed by atoms with Gasteiger partial charge in [-0.3, -0.25) is 4.98 Å². The second-order valence-electron chi connectivity index (χ2n) is 5.62. The minimum absolute atomic E-state index is 0.123. The zero-order valence-corrected chi connectivity index (χ0v) is 13.2. The Balaban J connectivity index is 1.84. The number of benzene rings is 1. The van der Waals surface area contributed by atoms with Crippen LogP contribution in [0.4, 0.5) is 13.2 Å². The molecular formula is C15H11F3N4OS. The molecule has 1 fully saturated rings. The van der Waals surface area contributed by atoms with Gasteiger partial charge in [0.25, 0.3) is 5.92 Å². The fourth-order valence-corrected chi connectivity index (χ4v) is 3.52. The van der Waals surface area contributed by atoms with Crippen molar-refractivity contribution in [3.8, 4) is 11.1 Å². The average molecular weight is 352 g/mol. The highest BCUT2D eigenvalue weighted by atomic mass is 32.2. The van der Waals surface area contributed by atoms with E-state index in [4.69, 9.17) is 0 Å². The number of nitrogens with zero attached hydrogens (tertiary/aromatic N) is 3. The number of aromatic amines is 1. The largest absolute Gasteiger partial charge is 0.350 e. The van der Waals surface area contributed by atoms with Crippen LogP contribution in [0.2, 0.25) is 0 Å². The Morgan fingerprint density at radius 2 is 2.00 bits per heavy atom. The molecule has 5 nitrogen and oxygen atoms in total. The van der Waals surface area contributed by atoms with Crippen molar-refractivity contribution in [2.24, 2.45) is 0 Å². The van der Waals surface area contributed by atoms with E-state index in [1.807, 2.05) is 0 Å². The summed E-state index contributed by atoms with van der Waals surface area (Å²) < 4.78 is 40.4. The molecule has 2 heterocycles. The minimum Gasteiger partial charge on any atom is -0.285 e. The van der Waals surface area contributed by atoms with Crippen molar-refractivity contribution in [2.75, 3.05) is 0 Å². The first-order valence-corrected chi connectivity index (χ1v) is 8.03. The van der Waals surface area contributed by atoms with Gasteiger partial charge in [-0.1, -0.05) is 23.9 Å². The minimum atomic E-state index is -2.72. The van der Waals surface area contributed by atoms with E-state index in [1.165, 1.54) is 12.1 Å². The quantitative estimate of drug-likeness (QED) is 0.787. The molecule has 0 amide bonds. The lowest BCUT2D eigenvalue weighted by molar-refractivity contribution is 0.122. The third kappa shape index (κ3) is 2.48. The molecule has 9 heteroatoms. The van der Waals surface area contributed by atoms with Gasteiger partial charge in [-0.05, 0) is 24.6 Å². The maximum Gasteiger partial charge on any atom is 0.350 e. The molecule has 1 aliphatic carbocycles. The first kappa shape index (κ1) is 15.3. The highest BCUT2D eigenvalue weighted by molar-refractivity contribution is 8.00. The van der Waals surface area contributed by atoms with Gasteiger partial charge in [0.1, 0.15) is 5.82 Å². The van der Waals surface area contributed by atoms with E-state index in [9.17, 15) is 18.0 Å². The number of H-pyrrole nitrogens is 1. The highest BCUT2D eigenvalue weighted by Crippen LogP contribution is 2.51. The Kier molecular flexibility index (Phi) is 3.24. The number of alkyl halides is 2. The molecule has 1 atom stereocenters. The van der Waals surface area contributed by atoms with Crippen LogP contribution in [0, 0.1) is 12.7 Å². The molecule has 0 aliphatic heterocycles. The number of thioether (sulfide) groups is 1. The van der Waals surface area contributed by atoms with E-state index in [-0.39, 0.29) is 23.0 Å². The van der Waals surface area contributed by atoms with Gasteiger partial charge < -0.3 is 0 Å². The monoisotopic (exact) mass is 352 g/mol. The molecule has 3 aromatic rings. The second kappa shape index (κ2) is 5.10. The first-order chi connectivity index (χ1) is 11.3. The lowest BCUT2D eigenvalue weighted by Crippen LogP contribution is -2.19. The van der Waals surface area contributed by atoms with Gasteiger partial charge in [0.2, 0.25) is 0 Å². The van der Waals surface area contributed by atoms with Crippen molar-refractivity contribution < 1.29 is 13.2 Å². The van der Waals surface area contributed by atoms with Gasteiger partial charge in [0, 0.05) is 12.0 Å². The maximum absolute atomic E-state index is 13.1. The summed E-state index contributed by atoms with van der Waals surface area (Å²) in [6.07, 6.45) is -0.227. The molecule has 0 radical (unpaired) electrons. The van der Waals surface area contributed by atoms with Crippen molar-refractivity contribution in [3.05, 3.63) is 46.3 Å². The Bertz CT molecular complexity index is 996. The summed E-state index contributed by atoms with van der Waals surface area (Å²) >= 11 is 0.843. The maximum atomic E-state index is 13.1. The lowest BCUT2D eigenvalue weighted by atomic mass is 10.1. The zero-order chi connectivity index (χ0) is 17.1. The summed E-state index contributed by atoms with van der Waals surface area (Å²) in [4.78, 5) is 18.9. The molecule has 1 unspecified atom stereocenters. The number of aromatic nitrogens is 4. The molecular weight excluding hydrogens is 341 g/mol. The van der Waals surface area contributed by atoms with Gasteiger partial charge >= 0.3 is 5.69 Å². The van der Waals surface area contributed by atoms with E-state index in [0.29, 0.717) is 16.8 Å². The number of hydrogen-bond donors (Lipinski definition) is 1. The van der Waals surface area contributed by atoms with Gasteiger partial charge in [-0.25, -0.2) is 22.9 Å². The van der Waals surface area contributed by atoms with Gasteiger partial charge in [0.15, 0.2) is 10.8 Å². The molecule has 1 aliphatic rings. The predicted octanol–water partition coefficient (Wildman–Crippen LogP) is 3.03. The molecule has 0 bridgehead atoms. The van der Waals surface area contributed by atoms with Crippen LogP contribution < -0.4 is 5.69 Å². The predicted molar refractivity (Wildman–Crippen MR) is 82.9 cm³/mol. The van der Waals surface area contributed by atoms with E-state index in [2.05, 4.69) is 15.1 Å². The summed E-state index contributed by atoms with van der Waals surface area (Å²) in [7, 11) is 0. The van der Waals surface area contributed by atoms with Crippen molar-refractivity contribution in [3.63, 3.8) is 0 Å². The number of hydrogen-bond acceptors (Lipinski definition) is 4. The summed E-state index contributed by atoms with van der Waals surface area (Å²) in [5, 5.41) is 3.38. The Morgan fingerprint density at radius 1 is 1.33 bits per heavy atom. The number of halogens is 3. The zero-order valence-electron chi connectivity index (χ0n) is 12.4. The topological polar surface area (TPSA) is 63.1 Å². The van der Waals surface area contributed by atoms with Crippen molar-refractivity contribution in [1.29, 1.82) is 0 Å². The third-order valence-corrected chi connectivity index (χ3v) is 5.02. The number of rotatable bonds is 3. The van der Waals surface area contributed by atoms with Gasteiger partial charge in [0.05, 0.1) is 10.9 Å². The fourth-order valence-electron chi connectivity index (χ4n) is 2.49. The Labute approximate surface area is 137 Å². The van der Waals surface area contributed by atoms with Gasteiger partial charge in [-0.2, -0.15) is 9.61 Å². The Hall–Kier alpha value is -2.29. The van der Waals surface area contributed by atoms with Crippen LogP contribution in [0.15, 0.2) is 34.2 Å². The fraction of sp³-hybridized carbons (Fsp3) is 0.267. The number of nitrogens with one attached hydrogen (secondary N) is 1. The molecule has 24 heavy (non-hydrogen) atoms. The van der Waals surface area contributed by atoms with Crippen LogP contribution in [0.25, 0.3) is 16.8 Å². The SMILES string of the molecule is Cc1nn2c(=O)[nH]c(SC3CC3(F)F)nc2c1-c1ccc(F)cc1. The summed E-state index contributed by atoms with van der Waals surface area (Å²) in [6.45, 7) is 1.70. The second-order valence-corrected chi connectivity index (χ2v) is 6.81. The Morgan fingerprint density at radius 3 is 2.62 bits per heavy atom. The van der Waals surface area contributed by atoms with E-state index in [1.54, 1.807) is 19.1 Å². The third-order valence-electron chi connectivity index (χ3n) is 3.80. The van der Waals surface area contributed by atoms with Crippen molar-refractivity contribution in [1.82, 2.24) is 19.6 Å². The van der Waals surface area contributed by atoms with E-state index in [0.717, 1.165) is 16.3 Å². The van der Waals surface area contributed by atoms with Crippen LogP contribution in [0.1, 0.15) is 12.1 Å². The van der Waals surface area contributed by atoms with Crippen molar-refractivity contribution in [2.45, 2.75) is 29.7 Å². The summed E-state index contributed by atoms with van der Waals surface area (Å²) in [5.74, 6) is -3.10. The van der Waals surface area contributed by atoms with E-state index < -0.39 is 16.9 Å². The van der Waals surface area contributed by atoms with Crippen molar-refractivity contribution >= 4 is 17.4 Å². The molecule has 0 spiro atoms. The highest BCUT2D eigenvalue weighted by Gasteiger charge is 2.58. The van der Waals surface area contributed by atoms with Crippen LogP contribution in [-0.2, 0) is 0 Å². The molecule has 2 aromatic heterocycles. The van der Waals surface area contributed by atoms with Crippen LogP contribution in [-0.4, -0.2) is 30.8 Å². The molecule has 0 saturated heterocycles. The number of fused-ring (bicyclic) bond motifs is 1. The van der Waals surface area contributed by atoms with Crippen LogP contribution in [0.5, 0.6) is 0 Å². The summed E-state index contributed by atoms with van der Waals surface area (Å²) in [6, 6.07) is 5.71. The summed E-state index contributed by atoms with van der Waals surface area (Å²) in [5.41, 5.74) is 1.47. The van der Waals surface area contributed by atoms with E-state index >= 15 is 0 Å². The molecule has 4 rings (SSSR count). The van der Waals surface area contributed by atoms with Gasteiger partial charge in [-0.15, -0.1) is 0 Å². The lowest BCUT2D eigenvalue weighted by Gasteiger charge is -2.03. The standard InChI is InChI=1S/C15H11F3N4OS/c1-7-11(8-2-4-9(16)5-3-8)12-19-13(20-14(23)22(12)21-7)24-10-6-15(10,17)18/h2-5,10H,6H2,1H3,(H,19,20,23). The molecule has 1 aromatic carbocycles. The number of aryl methyl sites for hydroxylation is 1. The molecule has 124 valence electrons. The normalized spacial score (nSPS) is 18.9. The average Bonchev–Trinajstić information content (AvgIpc) is 2.96. The molecule has 1 N–H and O–H groups in total. The molecule has 1 saturated carbocycles.